The van der Waals surface area contributed by atoms with Gasteiger partial charge in [-0.2, -0.15) is 0 Å². The van der Waals surface area contributed by atoms with E-state index >= 15 is 0 Å². The van der Waals surface area contributed by atoms with Gasteiger partial charge in [0.1, 0.15) is 6.26 Å². The molecule has 1 aromatic carbocycles. The number of carbonyl (C=O) groups is 1. The molecule has 1 amide bonds. The number of amides is 1. The second kappa shape index (κ2) is 11.9. The predicted octanol–water partition coefficient (Wildman–Crippen LogP) is 2.95. The Bertz CT molecular complexity index is 1060. The van der Waals surface area contributed by atoms with Gasteiger partial charge in [-0.1, -0.05) is 23.8 Å². The van der Waals surface area contributed by atoms with Gasteiger partial charge in [0.25, 0.3) is 5.91 Å². The molecule has 1 fully saturated rings. The molecule has 0 radical (unpaired) electrons. The maximum atomic E-state index is 12.5. The van der Waals surface area contributed by atoms with Crippen molar-refractivity contribution in [3.8, 4) is 0 Å². The highest BCUT2D eigenvalue weighted by molar-refractivity contribution is 5.91. The Morgan fingerprint density at radius 2 is 1.91 bits per heavy atom. The molecule has 0 aliphatic carbocycles. The number of carbonyl (C=O) groups excluding carboxylic acids is 1. The Kier molecular flexibility index (Phi) is 8.41. The zero-order valence-corrected chi connectivity index (χ0v) is 20.0. The third-order valence-electron chi connectivity index (χ3n) is 6.07. The number of nitrogens with zero attached hydrogens (tertiary/aromatic N) is 4. The van der Waals surface area contributed by atoms with Crippen LogP contribution < -0.4 is 5.32 Å². The molecule has 1 N–H and O–H groups in total. The summed E-state index contributed by atoms with van der Waals surface area (Å²) >= 11 is 0. The Hall–Kier alpha value is -3.07. The second-order valence-corrected chi connectivity index (χ2v) is 8.76. The molecule has 0 bridgehead atoms. The SMILES string of the molecule is Cc1ccc(CN(CCN2CCOCC2)Cc2nc(C(=O)NCc3ccncc3)co2)c(C)c1. The van der Waals surface area contributed by atoms with Gasteiger partial charge in [-0.3, -0.25) is 19.6 Å². The molecule has 8 nitrogen and oxygen atoms in total. The topological polar surface area (TPSA) is 83.7 Å². The van der Waals surface area contributed by atoms with Gasteiger partial charge in [0.05, 0.1) is 19.8 Å². The Morgan fingerprint density at radius 3 is 2.68 bits per heavy atom. The first-order valence-electron chi connectivity index (χ1n) is 11.8. The average molecular weight is 464 g/mol. The zero-order valence-electron chi connectivity index (χ0n) is 20.0. The number of oxazole rings is 1. The van der Waals surface area contributed by atoms with Crippen molar-refractivity contribution in [3.63, 3.8) is 0 Å². The lowest BCUT2D eigenvalue weighted by Crippen LogP contribution is -2.41. The first-order chi connectivity index (χ1) is 16.6. The minimum atomic E-state index is -0.249. The molecule has 0 saturated carbocycles. The quantitative estimate of drug-likeness (QED) is 0.495. The van der Waals surface area contributed by atoms with Gasteiger partial charge >= 0.3 is 0 Å². The molecule has 3 heterocycles. The summed E-state index contributed by atoms with van der Waals surface area (Å²) in [5.41, 5.74) is 5.10. The number of benzene rings is 1. The first-order valence-corrected chi connectivity index (χ1v) is 11.8. The Morgan fingerprint density at radius 1 is 1.12 bits per heavy atom. The monoisotopic (exact) mass is 463 g/mol. The number of aryl methyl sites for hydroxylation is 2. The largest absolute Gasteiger partial charge is 0.447 e. The van der Waals surface area contributed by atoms with Crippen LogP contribution in [0, 0.1) is 13.8 Å². The second-order valence-electron chi connectivity index (χ2n) is 8.76. The lowest BCUT2D eigenvalue weighted by atomic mass is 10.1. The average Bonchev–Trinajstić information content (AvgIpc) is 3.32. The van der Waals surface area contributed by atoms with Crippen LogP contribution in [0.4, 0.5) is 0 Å². The van der Waals surface area contributed by atoms with Crippen molar-refractivity contribution in [1.29, 1.82) is 0 Å². The van der Waals surface area contributed by atoms with Crippen LogP contribution in [0.1, 0.15) is 38.6 Å². The molecular formula is C26H33N5O3. The third kappa shape index (κ3) is 6.96. The molecule has 4 rings (SSSR count). The van der Waals surface area contributed by atoms with E-state index in [4.69, 9.17) is 9.15 Å². The zero-order chi connectivity index (χ0) is 23.8. The van der Waals surface area contributed by atoms with E-state index in [1.807, 2.05) is 12.1 Å². The fourth-order valence-corrected chi connectivity index (χ4v) is 4.04. The standard InChI is InChI=1S/C26H33N5O3/c1-20-3-4-23(21(2)15-20)17-31(10-9-30-11-13-33-14-12-30)18-25-29-24(19-34-25)26(32)28-16-22-5-7-27-8-6-22/h3-8,15,19H,9-14,16-18H2,1-2H3,(H,28,32). The van der Waals surface area contributed by atoms with Crippen molar-refractivity contribution in [1.82, 2.24) is 25.1 Å². The van der Waals surface area contributed by atoms with Gasteiger partial charge < -0.3 is 14.5 Å². The highest BCUT2D eigenvalue weighted by Crippen LogP contribution is 2.16. The fourth-order valence-electron chi connectivity index (χ4n) is 4.04. The molecule has 1 saturated heterocycles. The van der Waals surface area contributed by atoms with Crippen LogP contribution in [0.2, 0.25) is 0 Å². The molecule has 0 atom stereocenters. The Balaban J connectivity index is 1.39. The number of pyridine rings is 1. The summed E-state index contributed by atoms with van der Waals surface area (Å²) < 4.78 is 11.2. The van der Waals surface area contributed by atoms with Crippen molar-refractivity contribution < 1.29 is 13.9 Å². The molecule has 0 unspecified atom stereocenters. The molecule has 3 aromatic rings. The van der Waals surface area contributed by atoms with Crippen molar-refractivity contribution in [2.75, 3.05) is 39.4 Å². The molecule has 34 heavy (non-hydrogen) atoms. The van der Waals surface area contributed by atoms with E-state index in [0.717, 1.165) is 51.5 Å². The number of nitrogens with one attached hydrogen (secondary N) is 1. The molecule has 1 aliphatic heterocycles. The summed E-state index contributed by atoms with van der Waals surface area (Å²) in [6.07, 6.45) is 4.85. The lowest BCUT2D eigenvalue weighted by molar-refractivity contribution is 0.0320. The summed E-state index contributed by atoms with van der Waals surface area (Å²) in [4.78, 5) is 25.8. The predicted molar refractivity (Wildman–Crippen MR) is 129 cm³/mol. The van der Waals surface area contributed by atoms with E-state index in [1.165, 1.54) is 23.0 Å². The van der Waals surface area contributed by atoms with Crippen molar-refractivity contribution in [2.24, 2.45) is 0 Å². The van der Waals surface area contributed by atoms with Crippen molar-refractivity contribution in [2.45, 2.75) is 33.5 Å². The Labute approximate surface area is 200 Å². The van der Waals surface area contributed by atoms with E-state index < -0.39 is 0 Å². The van der Waals surface area contributed by atoms with Crippen LogP contribution in [0.5, 0.6) is 0 Å². The molecule has 8 heteroatoms. The number of aromatic nitrogens is 2. The normalized spacial score (nSPS) is 14.4. The van der Waals surface area contributed by atoms with Gasteiger partial charge in [0.2, 0.25) is 5.89 Å². The highest BCUT2D eigenvalue weighted by atomic mass is 16.5. The maximum Gasteiger partial charge on any atom is 0.273 e. The summed E-state index contributed by atoms with van der Waals surface area (Å²) in [6, 6.07) is 10.3. The van der Waals surface area contributed by atoms with Gasteiger partial charge in [-0.15, -0.1) is 0 Å². The number of hydrogen-bond acceptors (Lipinski definition) is 7. The van der Waals surface area contributed by atoms with E-state index in [9.17, 15) is 4.79 Å². The van der Waals surface area contributed by atoms with Crippen molar-refractivity contribution in [3.05, 3.63) is 82.8 Å². The molecule has 2 aromatic heterocycles. The third-order valence-corrected chi connectivity index (χ3v) is 6.07. The van der Waals surface area contributed by atoms with E-state index in [-0.39, 0.29) is 5.91 Å². The summed E-state index contributed by atoms with van der Waals surface area (Å²) in [5, 5.41) is 2.88. The van der Waals surface area contributed by atoms with E-state index in [0.29, 0.717) is 24.7 Å². The van der Waals surface area contributed by atoms with Crippen LogP contribution in [0.3, 0.4) is 0 Å². The van der Waals surface area contributed by atoms with Gasteiger partial charge in [0.15, 0.2) is 5.69 Å². The minimum absolute atomic E-state index is 0.249. The molecule has 1 aliphatic rings. The van der Waals surface area contributed by atoms with E-state index in [1.54, 1.807) is 12.4 Å². The number of morpholine rings is 1. The van der Waals surface area contributed by atoms with Crippen LogP contribution in [-0.2, 0) is 24.4 Å². The molecule has 0 spiro atoms. The summed E-state index contributed by atoms with van der Waals surface area (Å²) in [5.74, 6) is 0.293. The summed E-state index contributed by atoms with van der Waals surface area (Å²) in [7, 11) is 0. The smallest absolute Gasteiger partial charge is 0.273 e. The van der Waals surface area contributed by atoms with Crippen LogP contribution in [0.25, 0.3) is 0 Å². The van der Waals surface area contributed by atoms with E-state index in [2.05, 4.69) is 57.1 Å². The number of rotatable bonds is 10. The van der Waals surface area contributed by atoms with Crippen LogP contribution in [-0.4, -0.2) is 65.1 Å². The molecular weight excluding hydrogens is 430 g/mol. The first kappa shape index (κ1) is 24.1. The fraction of sp³-hybridized carbons (Fsp3) is 0.423. The van der Waals surface area contributed by atoms with Gasteiger partial charge in [0, 0.05) is 51.7 Å². The maximum absolute atomic E-state index is 12.5. The van der Waals surface area contributed by atoms with Gasteiger partial charge in [-0.25, -0.2) is 4.98 Å². The minimum Gasteiger partial charge on any atom is -0.447 e. The highest BCUT2D eigenvalue weighted by Gasteiger charge is 2.18. The van der Waals surface area contributed by atoms with Crippen molar-refractivity contribution >= 4 is 5.91 Å². The summed E-state index contributed by atoms with van der Waals surface area (Å²) in [6.45, 7) is 11.3. The van der Waals surface area contributed by atoms with Crippen LogP contribution in [0.15, 0.2) is 53.4 Å². The van der Waals surface area contributed by atoms with Gasteiger partial charge in [-0.05, 0) is 42.7 Å². The number of hydrogen-bond donors (Lipinski definition) is 1. The number of ether oxygens (including phenoxy) is 1. The lowest BCUT2D eigenvalue weighted by Gasteiger charge is -2.30. The molecule has 180 valence electrons. The van der Waals surface area contributed by atoms with Crippen LogP contribution >= 0.6 is 0 Å².